The predicted molar refractivity (Wildman–Crippen MR) is 103 cm³/mol. The van der Waals surface area contributed by atoms with Crippen molar-refractivity contribution in [2.24, 2.45) is 0 Å². The number of amides is 1. The van der Waals surface area contributed by atoms with Crippen molar-refractivity contribution in [2.75, 3.05) is 5.73 Å². The van der Waals surface area contributed by atoms with Gasteiger partial charge in [0.05, 0.1) is 6.10 Å². The highest BCUT2D eigenvalue weighted by Gasteiger charge is 2.22. The zero-order chi connectivity index (χ0) is 20.4. The molecule has 1 saturated carbocycles. The molecule has 0 aliphatic heterocycles. The zero-order valence-corrected chi connectivity index (χ0v) is 15.6. The van der Waals surface area contributed by atoms with E-state index < -0.39 is 5.82 Å². The number of nitrogen functional groups attached to an aromatic ring is 1. The zero-order valence-electron chi connectivity index (χ0n) is 15.6. The van der Waals surface area contributed by atoms with Crippen molar-refractivity contribution in [3.63, 3.8) is 0 Å². The maximum absolute atomic E-state index is 14.3. The maximum Gasteiger partial charge on any atom is 0.251 e. The van der Waals surface area contributed by atoms with Gasteiger partial charge in [-0.3, -0.25) is 4.79 Å². The molecule has 3 aromatic rings. The number of halogens is 1. The highest BCUT2D eigenvalue weighted by Crippen LogP contribution is 2.25. The van der Waals surface area contributed by atoms with E-state index in [9.17, 15) is 14.3 Å². The van der Waals surface area contributed by atoms with Gasteiger partial charge in [0, 0.05) is 23.2 Å². The second kappa shape index (κ2) is 8.00. The van der Waals surface area contributed by atoms with E-state index in [-0.39, 0.29) is 36.0 Å². The number of aromatic amines is 1. The monoisotopic (exact) mass is 400 g/mol. The molecule has 0 radical (unpaired) electrons. The van der Waals surface area contributed by atoms with Gasteiger partial charge in [-0.05, 0) is 43.9 Å². The number of nitrogens with two attached hydrogens (primary N) is 1. The number of aliphatic hydroxyl groups excluding tert-OH is 1. The van der Waals surface area contributed by atoms with Crippen molar-refractivity contribution in [1.82, 2.24) is 25.7 Å². The quantitative estimate of drug-likeness (QED) is 0.511. The van der Waals surface area contributed by atoms with Crippen LogP contribution in [0, 0.1) is 5.82 Å². The van der Waals surface area contributed by atoms with Crippen molar-refractivity contribution in [3.05, 3.63) is 41.2 Å². The molecule has 1 fully saturated rings. The standard InChI is InChI=1S/C19H21FN6O3/c20-14-6-1-10(19(28)22-12-2-4-13(27)5-3-12)7-11(14)9-29-15-8-16(21)23-18-17(15)24-26-25-18/h1,6-8,12-13,27H,2-5,9H2,(H,22,28)(H3,21,23,24,25,26). The molecular formula is C19H21FN6O3. The lowest BCUT2D eigenvalue weighted by atomic mass is 9.93. The molecule has 1 aliphatic rings. The number of nitrogens with zero attached hydrogens (tertiary/aromatic N) is 3. The predicted octanol–water partition coefficient (Wildman–Crippen LogP) is 1.69. The van der Waals surface area contributed by atoms with Crippen LogP contribution in [-0.4, -0.2) is 43.6 Å². The first kappa shape index (κ1) is 19.1. The molecule has 0 atom stereocenters. The largest absolute Gasteiger partial charge is 0.486 e. The van der Waals surface area contributed by atoms with Gasteiger partial charge >= 0.3 is 0 Å². The first-order valence-corrected chi connectivity index (χ1v) is 9.37. The SMILES string of the molecule is Nc1cc(OCc2cc(C(=O)NC3CCC(O)CC3)ccc2F)c2n[nH]nc2n1. The molecule has 10 heteroatoms. The van der Waals surface area contributed by atoms with E-state index in [1.54, 1.807) is 0 Å². The molecule has 1 aliphatic carbocycles. The van der Waals surface area contributed by atoms with E-state index in [2.05, 4.69) is 25.7 Å². The number of hydrogen-bond donors (Lipinski definition) is 4. The van der Waals surface area contributed by atoms with Gasteiger partial charge in [0.15, 0.2) is 11.3 Å². The summed E-state index contributed by atoms with van der Waals surface area (Å²) in [6, 6.07) is 5.64. The van der Waals surface area contributed by atoms with Crippen molar-refractivity contribution < 1.29 is 19.0 Å². The van der Waals surface area contributed by atoms with Crippen LogP contribution in [0.2, 0.25) is 0 Å². The number of rotatable bonds is 5. The molecule has 0 spiro atoms. The Bertz CT molecular complexity index is 1030. The highest BCUT2D eigenvalue weighted by atomic mass is 19.1. The van der Waals surface area contributed by atoms with Crippen LogP contribution < -0.4 is 15.8 Å². The number of anilines is 1. The van der Waals surface area contributed by atoms with Gasteiger partial charge in [0.25, 0.3) is 5.91 Å². The fourth-order valence-corrected chi connectivity index (χ4v) is 3.41. The molecule has 29 heavy (non-hydrogen) atoms. The van der Waals surface area contributed by atoms with E-state index in [1.165, 1.54) is 24.3 Å². The number of carbonyl (C=O) groups excluding carboxylic acids is 1. The summed E-state index contributed by atoms with van der Waals surface area (Å²) in [6.07, 6.45) is 2.48. The smallest absolute Gasteiger partial charge is 0.251 e. The van der Waals surface area contributed by atoms with Crippen molar-refractivity contribution in [2.45, 2.75) is 44.4 Å². The third-order valence-electron chi connectivity index (χ3n) is 5.00. The first-order chi connectivity index (χ1) is 14.0. The number of fused-ring (bicyclic) bond motifs is 1. The summed E-state index contributed by atoms with van der Waals surface area (Å²) in [5.41, 5.74) is 6.98. The normalized spacial score (nSPS) is 19.2. The second-order valence-corrected chi connectivity index (χ2v) is 7.11. The van der Waals surface area contributed by atoms with Gasteiger partial charge in [-0.2, -0.15) is 10.3 Å². The van der Waals surface area contributed by atoms with Crippen LogP contribution in [0.25, 0.3) is 11.2 Å². The third-order valence-corrected chi connectivity index (χ3v) is 5.00. The summed E-state index contributed by atoms with van der Waals surface area (Å²) in [5.74, 6) is -0.246. The van der Waals surface area contributed by atoms with Gasteiger partial charge in [-0.25, -0.2) is 9.37 Å². The van der Waals surface area contributed by atoms with Crippen LogP contribution in [-0.2, 0) is 6.61 Å². The Labute approximate surface area is 165 Å². The van der Waals surface area contributed by atoms with Gasteiger partial charge in [0.2, 0.25) is 5.65 Å². The number of ether oxygens (including phenoxy) is 1. The van der Waals surface area contributed by atoms with E-state index >= 15 is 0 Å². The molecule has 9 nitrogen and oxygen atoms in total. The number of aromatic nitrogens is 4. The Morgan fingerprint density at radius 2 is 2.07 bits per heavy atom. The molecular weight excluding hydrogens is 379 g/mol. The molecule has 5 N–H and O–H groups in total. The lowest BCUT2D eigenvalue weighted by Crippen LogP contribution is -2.38. The summed E-state index contributed by atoms with van der Waals surface area (Å²) < 4.78 is 19.9. The van der Waals surface area contributed by atoms with Gasteiger partial charge < -0.3 is 20.9 Å². The van der Waals surface area contributed by atoms with Crippen LogP contribution in [0.15, 0.2) is 24.3 Å². The highest BCUT2D eigenvalue weighted by molar-refractivity contribution is 5.94. The summed E-state index contributed by atoms with van der Waals surface area (Å²) in [6.45, 7) is -0.117. The Hall–Kier alpha value is -3.27. The van der Waals surface area contributed by atoms with Crippen LogP contribution in [0.3, 0.4) is 0 Å². The number of benzene rings is 1. The number of nitrogens with one attached hydrogen (secondary N) is 2. The number of H-pyrrole nitrogens is 1. The molecule has 1 aromatic carbocycles. The molecule has 0 saturated heterocycles. The molecule has 2 aromatic heterocycles. The molecule has 1 amide bonds. The number of aliphatic hydroxyl groups is 1. The van der Waals surface area contributed by atoms with Crippen LogP contribution in [0.4, 0.5) is 10.2 Å². The minimum absolute atomic E-state index is 0.0101. The number of carbonyl (C=O) groups is 1. The van der Waals surface area contributed by atoms with Gasteiger partial charge in [-0.15, -0.1) is 5.10 Å². The average molecular weight is 400 g/mol. The average Bonchev–Trinajstić information content (AvgIpc) is 3.17. The van der Waals surface area contributed by atoms with E-state index in [4.69, 9.17) is 10.5 Å². The van der Waals surface area contributed by atoms with Gasteiger partial charge in [0.1, 0.15) is 18.2 Å². The summed E-state index contributed by atoms with van der Waals surface area (Å²) in [5, 5.41) is 22.8. The lowest BCUT2D eigenvalue weighted by molar-refractivity contribution is 0.0867. The van der Waals surface area contributed by atoms with Crippen molar-refractivity contribution in [3.8, 4) is 5.75 Å². The van der Waals surface area contributed by atoms with E-state index in [0.717, 1.165) is 12.8 Å². The minimum Gasteiger partial charge on any atom is -0.486 e. The van der Waals surface area contributed by atoms with Gasteiger partial charge in [-0.1, -0.05) is 0 Å². The number of pyridine rings is 1. The fraction of sp³-hybridized carbons (Fsp3) is 0.368. The Morgan fingerprint density at radius 3 is 2.86 bits per heavy atom. The maximum atomic E-state index is 14.3. The van der Waals surface area contributed by atoms with Crippen molar-refractivity contribution >= 4 is 22.9 Å². The molecule has 4 rings (SSSR count). The van der Waals surface area contributed by atoms with Crippen LogP contribution in [0.1, 0.15) is 41.6 Å². The fourth-order valence-electron chi connectivity index (χ4n) is 3.41. The Morgan fingerprint density at radius 1 is 1.28 bits per heavy atom. The molecule has 2 heterocycles. The Kier molecular flexibility index (Phi) is 5.26. The summed E-state index contributed by atoms with van der Waals surface area (Å²) in [4.78, 5) is 16.5. The lowest BCUT2D eigenvalue weighted by Gasteiger charge is -2.26. The van der Waals surface area contributed by atoms with E-state index in [0.29, 0.717) is 35.3 Å². The first-order valence-electron chi connectivity index (χ1n) is 9.37. The molecule has 0 unspecified atom stereocenters. The Balaban J connectivity index is 1.46. The topological polar surface area (TPSA) is 139 Å². The summed E-state index contributed by atoms with van der Waals surface area (Å²) in [7, 11) is 0. The van der Waals surface area contributed by atoms with E-state index in [1.807, 2.05) is 0 Å². The summed E-state index contributed by atoms with van der Waals surface area (Å²) >= 11 is 0. The molecule has 0 bridgehead atoms. The third kappa shape index (κ3) is 4.27. The van der Waals surface area contributed by atoms with Crippen LogP contribution in [0.5, 0.6) is 5.75 Å². The minimum atomic E-state index is -0.485. The number of hydrogen-bond acceptors (Lipinski definition) is 7. The van der Waals surface area contributed by atoms with Crippen molar-refractivity contribution in [1.29, 1.82) is 0 Å². The van der Waals surface area contributed by atoms with Crippen LogP contribution >= 0.6 is 0 Å². The second-order valence-electron chi connectivity index (χ2n) is 7.11. The molecule has 152 valence electrons.